The summed E-state index contributed by atoms with van der Waals surface area (Å²) < 4.78 is 37.5. The Morgan fingerprint density at radius 3 is 2.61 bits per heavy atom. The van der Waals surface area contributed by atoms with Gasteiger partial charge in [-0.2, -0.15) is 4.31 Å². The summed E-state index contributed by atoms with van der Waals surface area (Å²) in [5.74, 6) is 1.26. The van der Waals surface area contributed by atoms with Gasteiger partial charge in [-0.25, -0.2) is 8.42 Å². The molecule has 0 aromatic heterocycles. The molecule has 1 atom stereocenters. The number of fused-ring (bicyclic) bond motifs is 1. The number of benzene rings is 2. The fraction of sp³-hybridized carbons (Fsp3) is 0.435. The van der Waals surface area contributed by atoms with Gasteiger partial charge in [0.25, 0.3) is 5.91 Å². The first-order valence-electron chi connectivity index (χ1n) is 10.5. The third kappa shape index (κ3) is 5.37. The first kappa shape index (κ1) is 21.6. The van der Waals surface area contributed by atoms with Crippen LogP contribution in [0.25, 0.3) is 0 Å². The van der Waals surface area contributed by atoms with E-state index in [0.29, 0.717) is 25.4 Å². The molecule has 0 saturated heterocycles. The van der Waals surface area contributed by atoms with Crippen LogP contribution in [0.1, 0.15) is 30.9 Å². The van der Waals surface area contributed by atoms with Crippen molar-refractivity contribution >= 4 is 15.9 Å². The number of amides is 1. The molecule has 2 aromatic carbocycles. The molecule has 0 spiro atoms. The Morgan fingerprint density at radius 1 is 1.19 bits per heavy atom. The Kier molecular flexibility index (Phi) is 6.20. The number of sulfonamides is 1. The average Bonchev–Trinajstić information content (AvgIpc) is 3.58. The fourth-order valence-corrected chi connectivity index (χ4v) is 4.91. The van der Waals surface area contributed by atoms with Crippen LogP contribution in [0, 0.1) is 0 Å². The molecule has 1 heterocycles. The second kappa shape index (κ2) is 8.88. The first-order chi connectivity index (χ1) is 14.8. The summed E-state index contributed by atoms with van der Waals surface area (Å²) in [7, 11) is -3.27. The Hall–Kier alpha value is -2.58. The van der Waals surface area contributed by atoms with Gasteiger partial charge in [-0.1, -0.05) is 24.3 Å². The number of hydrogen-bond donors (Lipinski definition) is 0. The van der Waals surface area contributed by atoms with Gasteiger partial charge in [0.1, 0.15) is 18.1 Å². The third-order valence-electron chi connectivity index (χ3n) is 5.62. The van der Waals surface area contributed by atoms with Crippen molar-refractivity contribution in [3.63, 3.8) is 0 Å². The Balaban J connectivity index is 1.49. The van der Waals surface area contributed by atoms with Gasteiger partial charge in [-0.15, -0.1) is 0 Å². The van der Waals surface area contributed by atoms with Crippen LogP contribution >= 0.6 is 0 Å². The van der Waals surface area contributed by atoms with Gasteiger partial charge in [0.05, 0.1) is 12.3 Å². The number of ether oxygens (including phenoxy) is 2. The number of para-hydroxylation sites is 1. The van der Waals surface area contributed by atoms with Crippen molar-refractivity contribution in [3.8, 4) is 11.5 Å². The number of rotatable bonds is 7. The highest BCUT2D eigenvalue weighted by Crippen LogP contribution is 2.32. The largest absolute Gasteiger partial charge is 0.491 e. The quantitative estimate of drug-likeness (QED) is 0.656. The van der Waals surface area contributed by atoms with E-state index in [1.165, 1.54) is 6.26 Å². The van der Waals surface area contributed by atoms with E-state index in [2.05, 4.69) is 0 Å². The lowest BCUT2D eigenvalue weighted by atomic mass is 10.1. The normalized spacial score (nSPS) is 18.8. The zero-order valence-corrected chi connectivity index (χ0v) is 18.7. The van der Waals surface area contributed by atoms with Crippen LogP contribution in [0.5, 0.6) is 11.5 Å². The van der Waals surface area contributed by atoms with Gasteiger partial charge >= 0.3 is 0 Å². The summed E-state index contributed by atoms with van der Waals surface area (Å²) in [6.45, 7) is 3.01. The zero-order valence-electron chi connectivity index (χ0n) is 17.9. The molecule has 2 aromatic rings. The van der Waals surface area contributed by atoms with Crippen molar-refractivity contribution in [1.29, 1.82) is 0 Å². The molecule has 2 aliphatic rings. The Morgan fingerprint density at radius 2 is 1.94 bits per heavy atom. The highest BCUT2D eigenvalue weighted by Gasteiger charge is 2.35. The predicted molar refractivity (Wildman–Crippen MR) is 117 cm³/mol. The van der Waals surface area contributed by atoms with Crippen LogP contribution in [0.2, 0.25) is 0 Å². The molecule has 1 aliphatic carbocycles. The highest BCUT2D eigenvalue weighted by molar-refractivity contribution is 7.88. The predicted octanol–water partition coefficient (Wildman–Crippen LogP) is 2.80. The van der Waals surface area contributed by atoms with Crippen LogP contribution in [-0.4, -0.2) is 55.1 Å². The Labute approximate surface area is 183 Å². The summed E-state index contributed by atoms with van der Waals surface area (Å²) in [6.07, 6.45) is 3.07. The zero-order chi connectivity index (χ0) is 22.0. The minimum absolute atomic E-state index is 0.0487. The van der Waals surface area contributed by atoms with E-state index in [9.17, 15) is 13.2 Å². The maximum Gasteiger partial charge on any atom is 0.261 e. The second-order valence-electron chi connectivity index (χ2n) is 8.26. The van der Waals surface area contributed by atoms with Crippen molar-refractivity contribution < 1.29 is 22.7 Å². The van der Waals surface area contributed by atoms with Crippen LogP contribution in [0.3, 0.4) is 0 Å². The lowest BCUT2D eigenvalue weighted by Crippen LogP contribution is -2.42. The van der Waals surface area contributed by atoms with Crippen LogP contribution in [-0.2, 0) is 27.9 Å². The molecule has 0 radical (unpaired) electrons. The molecule has 31 heavy (non-hydrogen) atoms. The SMILES string of the molecule is C[C@H]1COc2ccc(CN(C3CC3)S(C)(=O)=O)cc2CN1C(=O)COc1ccccc1. The van der Waals surface area contributed by atoms with E-state index >= 15 is 0 Å². The number of carbonyl (C=O) groups excluding carboxylic acids is 1. The smallest absolute Gasteiger partial charge is 0.261 e. The summed E-state index contributed by atoms with van der Waals surface area (Å²) in [5, 5.41) is 0. The van der Waals surface area contributed by atoms with Crippen LogP contribution in [0.15, 0.2) is 48.5 Å². The van der Waals surface area contributed by atoms with Gasteiger partial charge < -0.3 is 14.4 Å². The molecule has 166 valence electrons. The lowest BCUT2D eigenvalue weighted by Gasteiger charge is -2.26. The van der Waals surface area contributed by atoms with Gasteiger partial charge in [-0.05, 0) is 49.6 Å². The molecule has 4 rings (SSSR count). The molecule has 7 nitrogen and oxygen atoms in total. The van der Waals surface area contributed by atoms with E-state index in [0.717, 1.165) is 29.7 Å². The molecule has 1 amide bonds. The van der Waals surface area contributed by atoms with E-state index in [1.54, 1.807) is 9.21 Å². The Bertz CT molecular complexity index is 1040. The monoisotopic (exact) mass is 444 g/mol. The van der Waals surface area contributed by atoms with E-state index in [-0.39, 0.29) is 24.6 Å². The van der Waals surface area contributed by atoms with Crippen LogP contribution < -0.4 is 9.47 Å². The van der Waals surface area contributed by atoms with Crippen molar-refractivity contribution in [2.75, 3.05) is 19.5 Å². The molecule has 0 bridgehead atoms. The van der Waals surface area contributed by atoms with E-state index in [4.69, 9.17) is 9.47 Å². The van der Waals surface area contributed by atoms with Crippen molar-refractivity contribution in [2.24, 2.45) is 0 Å². The minimum atomic E-state index is -3.27. The molecule has 0 N–H and O–H groups in total. The van der Waals surface area contributed by atoms with Gasteiger partial charge in [0.2, 0.25) is 10.0 Å². The van der Waals surface area contributed by atoms with E-state index in [1.807, 2.05) is 55.5 Å². The fourth-order valence-electron chi connectivity index (χ4n) is 3.77. The van der Waals surface area contributed by atoms with Gasteiger partial charge in [-0.3, -0.25) is 4.79 Å². The standard InChI is InChI=1S/C23H28N2O5S/c1-17-15-30-22-11-8-18(13-25(20-9-10-20)31(2,27)28)12-19(22)14-24(17)23(26)16-29-21-6-4-3-5-7-21/h3-8,11-12,17,20H,9-10,13-16H2,1-2H3/t17-/m0/s1. The number of carbonyl (C=O) groups is 1. The second-order valence-corrected chi connectivity index (χ2v) is 10.2. The van der Waals surface area contributed by atoms with Gasteiger partial charge in [0.15, 0.2) is 6.61 Å². The number of nitrogens with zero attached hydrogens (tertiary/aromatic N) is 2. The van der Waals surface area contributed by atoms with Crippen molar-refractivity contribution in [1.82, 2.24) is 9.21 Å². The van der Waals surface area contributed by atoms with Gasteiger partial charge in [0, 0.05) is 24.7 Å². The first-order valence-corrected chi connectivity index (χ1v) is 12.3. The maximum absolute atomic E-state index is 12.9. The minimum Gasteiger partial charge on any atom is -0.491 e. The molecule has 0 unspecified atom stereocenters. The number of hydrogen-bond acceptors (Lipinski definition) is 5. The third-order valence-corrected chi connectivity index (χ3v) is 6.90. The summed E-state index contributed by atoms with van der Waals surface area (Å²) in [6, 6.07) is 15.0. The molecular weight excluding hydrogens is 416 g/mol. The average molecular weight is 445 g/mol. The summed E-state index contributed by atoms with van der Waals surface area (Å²) in [5.41, 5.74) is 1.77. The summed E-state index contributed by atoms with van der Waals surface area (Å²) in [4.78, 5) is 14.7. The highest BCUT2D eigenvalue weighted by atomic mass is 32.2. The van der Waals surface area contributed by atoms with Crippen LogP contribution in [0.4, 0.5) is 0 Å². The molecule has 1 fully saturated rings. The van der Waals surface area contributed by atoms with Crippen molar-refractivity contribution in [3.05, 3.63) is 59.7 Å². The molecule has 8 heteroatoms. The topological polar surface area (TPSA) is 76.2 Å². The molecule has 1 aliphatic heterocycles. The molecule has 1 saturated carbocycles. The summed E-state index contributed by atoms with van der Waals surface area (Å²) >= 11 is 0. The lowest BCUT2D eigenvalue weighted by molar-refractivity contribution is -0.136. The maximum atomic E-state index is 12.9. The van der Waals surface area contributed by atoms with E-state index < -0.39 is 10.0 Å². The van der Waals surface area contributed by atoms with Crippen molar-refractivity contribution in [2.45, 2.75) is 44.9 Å². The molecular formula is C23H28N2O5S.